The van der Waals surface area contributed by atoms with Crippen LogP contribution in [0, 0.1) is 17.7 Å². The van der Waals surface area contributed by atoms with Gasteiger partial charge in [0, 0.05) is 24.1 Å². The van der Waals surface area contributed by atoms with E-state index in [-0.39, 0.29) is 37.0 Å². The maximum Gasteiger partial charge on any atom is 0.416 e. The van der Waals surface area contributed by atoms with E-state index in [2.05, 4.69) is 15.0 Å². The summed E-state index contributed by atoms with van der Waals surface area (Å²) >= 11 is 0. The van der Waals surface area contributed by atoms with E-state index in [1.165, 1.54) is 4.90 Å². The second kappa shape index (κ2) is 16.1. The largest absolute Gasteiger partial charge is 0.459 e. The standard InChI is InChI=1S/C39H48F4N6O6S/c1-23(2)49-32-14-10-9-12-30(32)46-37(49)55-28-21-33(34(44)50)48(22-28)36(52)31(45-27-19-25(39(41,42)43)18-26(40)20-27)13-8-6-4-5-7-11-24-17-29(24)35(51)47-56(53,54)38(3)15-16-38/h7,9-12,14,18-20,23-24,28-29,31,33,45H,4-6,8,13,15-17,21-22H2,1-3H3,(H2,44,50)(H,47,51)/b11-7-/t24-,28-,29+,31+,33+/m1/s1. The van der Waals surface area contributed by atoms with Crippen LogP contribution in [0.4, 0.5) is 23.2 Å². The van der Waals surface area contributed by atoms with Crippen molar-refractivity contribution in [2.75, 3.05) is 11.9 Å². The Labute approximate surface area is 323 Å². The zero-order chi connectivity index (χ0) is 40.6. The van der Waals surface area contributed by atoms with Crippen LogP contribution in [0.2, 0.25) is 0 Å². The molecule has 4 N–H and O–H groups in total. The van der Waals surface area contributed by atoms with Gasteiger partial charge in [0.05, 0.1) is 27.9 Å². The van der Waals surface area contributed by atoms with Crippen molar-refractivity contribution in [1.29, 1.82) is 0 Å². The minimum absolute atomic E-state index is 0.0286. The molecule has 304 valence electrons. The summed E-state index contributed by atoms with van der Waals surface area (Å²) < 4.78 is 89.5. The molecule has 0 unspecified atom stereocenters. The fourth-order valence-corrected chi connectivity index (χ4v) is 8.51. The van der Waals surface area contributed by atoms with Crippen LogP contribution in [-0.2, 0) is 30.6 Å². The lowest BCUT2D eigenvalue weighted by Gasteiger charge is -2.28. The molecule has 0 bridgehead atoms. The van der Waals surface area contributed by atoms with Crippen molar-refractivity contribution in [2.24, 2.45) is 17.6 Å². The van der Waals surface area contributed by atoms with Crippen LogP contribution in [-0.4, -0.2) is 70.1 Å². The minimum Gasteiger partial charge on any atom is -0.459 e. The van der Waals surface area contributed by atoms with Crippen LogP contribution in [0.3, 0.4) is 0 Å². The first kappa shape index (κ1) is 41.0. The maximum absolute atomic E-state index is 14.4. The van der Waals surface area contributed by atoms with E-state index in [1.54, 1.807) is 6.92 Å². The number of likely N-dealkylation sites (tertiary alicyclic amines) is 1. The number of alkyl halides is 3. The van der Waals surface area contributed by atoms with Gasteiger partial charge in [-0.1, -0.05) is 37.1 Å². The molecule has 2 heterocycles. The van der Waals surface area contributed by atoms with Crippen molar-refractivity contribution in [3.05, 3.63) is 66.0 Å². The Morgan fingerprint density at radius 2 is 1.82 bits per heavy atom. The van der Waals surface area contributed by atoms with Gasteiger partial charge in [0.15, 0.2) is 0 Å². The van der Waals surface area contributed by atoms with Gasteiger partial charge in [0.1, 0.15) is 24.0 Å². The van der Waals surface area contributed by atoms with Crippen LogP contribution in [0.1, 0.15) is 90.2 Å². The molecule has 3 amide bonds. The van der Waals surface area contributed by atoms with Gasteiger partial charge in [0.2, 0.25) is 27.7 Å². The van der Waals surface area contributed by atoms with Gasteiger partial charge < -0.3 is 20.7 Å². The zero-order valence-electron chi connectivity index (χ0n) is 31.5. The van der Waals surface area contributed by atoms with Crippen LogP contribution in [0.25, 0.3) is 11.0 Å². The third-order valence-electron chi connectivity index (χ3n) is 10.9. The molecule has 3 aliphatic rings. The number of hydrogen-bond donors (Lipinski definition) is 3. The average Bonchev–Trinajstić information content (AvgIpc) is 3.99. The van der Waals surface area contributed by atoms with Gasteiger partial charge in [-0.15, -0.1) is 0 Å². The molecule has 17 heteroatoms. The summed E-state index contributed by atoms with van der Waals surface area (Å²) in [6, 6.07) is 7.55. The molecule has 2 saturated carbocycles. The number of amides is 3. The molecule has 1 saturated heterocycles. The number of ether oxygens (including phenoxy) is 1. The highest BCUT2D eigenvalue weighted by molar-refractivity contribution is 7.91. The van der Waals surface area contributed by atoms with Gasteiger partial charge >= 0.3 is 6.18 Å². The Hall–Kier alpha value is -4.67. The van der Waals surface area contributed by atoms with E-state index < -0.39 is 74.2 Å². The SMILES string of the molecule is CC(C)n1c(O[C@@H]2C[C@@H](C(N)=O)N(C(=O)[C@H](CCCCC/C=C\[C@@H]3C[C@@H]3C(=O)NS(=O)(=O)C3(C)CC3)Nc3cc(F)cc(C(F)(F)F)c3)C2)nc2ccccc21. The summed E-state index contributed by atoms with van der Waals surface area (Å²) in [5.74, 6) is -3.42. The highest BCUT2D eigenvalue weighted by Crippen LogP contribution is 2.44. The first-order valence-electron chi connectivity index (χ1n) is 19.0. The van der Waals surface area contributed by atoms with Crippen molar-refractivity contribution in [3.8, 4) is 6.01 Å². The minimum atomic E-state index is -4.83. The lowest BCUT2D eigenvalue weighted by Crippen LogP contribution is -2.49. The topological polar surface area (TPSA) is 166 Å². The number of nitrogens with two attached hydrogens (primary N) is 1. The second-order valence-corrected chi connectivity index (χ2v) is 17.8. The molecule has 12 nitrogen and oxygen atoms in total. The molecule has 3 fully saturated rings. The van der Waals surface area contributed by atoms with Crippen molar-refractivity contribution in [2.45, 2.75) is 114 Å². The molecule has 2 aromatic carbocycles. The van der Waals surface area contributed by atoms with E-state index in [0.29, 0.717) is 62.5 Å². The number of nitrogens with one attached hydrogen (secondary N) is 2. The quantitative estimate of drug-likeness (QED) is 0.0821. The molecule has 3 aromatic rings. The molecule has 56 heavy (non-hydrogen) atoms. The predicted octanol–water partition coefficient (Wildman–Crippen LogP) is 6.23. The number of fused-ring (bicyclic) bond motifs is 1. The summed E-state index contributed by atoms with van der Waals surface area (Å²) in [7, 11) is -3.69. The summed E-state index contributed by atoms with van der Waals surface area (Å²) in [4.78, 5) is 45.3. The summed E-state index contributed by atoms with van der Waals surface area (Å²) in [6.07, 6.45) is 2.57. The number of para-hydroxylation sites is 2. The molecule has 5 atom stereocenters. The predicted molar refractivity (Wildman–Crippen MR) is 201 cm³/mol. The molecule has 1 aromatic heterocycles. The van der Waals surface area contributed by atoms with E-state index in [1.807, 2.05) is 54.8 Å². The van der Waals surface area contributed by atoms with Crippen molar-refractivity contribution in [1.82, 2.24) is 19.2 Å². The number of aromatic nitrogens is 2. The van der Waals surface area contributed by atoms with E-state index >= 15 is 0 Å². The van der Waals surface area contributed by atoms with Crippen LogP contribution < -0.4 is 20.5 Å². The maximum atomic E-state index is 14.4. The van der Waals surface area contributed by atoms with Crippen molar-refractivity contribution >= 4 is 44.5 Å². The summed E-state index contributed by atoms with van der Waals surface area (Å²) in [5, 5.41) is 2.81. The third kappa shape index (κ3) is 9.30. The van der Waals surface area contributed by atoms with Crippen LogP contribution in [0.5, 0.6) is 6.01 Å². The molecule has 0 spiro atoms. The Balaban J connectivity index is 1.09. The van der Waals surface area contributed by atoms with Crippen molar-refractivity contribution < 1.29 is 45.1 Å². The number of imidazole rings is 1. The van der Waals surface area contributed by atoms with E-state index in [4.69, 9.17) is 10.5 Å². The number of carbonyl (C=O) groups is 3. The number of unbranched alkanes of at least 4 members (excludes halogenated alkanes) is 3. The van der Waals surface area contributed by atoms with Gasteiger partial charge in [-0.3, -0.25) is 23.7 Å². The number of benzene rings is 2. The number of hydrogen-bond acceptors (Lipinski definition) is 8. The second-order valence-electron chi connectivity index (χ2n) is 15.6. The van der Waals surface area contributed by atoms with Crippen LogP contribution in [0.15, 0.2) is 54.6 Å². The number of primary amides is 1. The lowest BCUT2D eigenvalue weighted by molar-refractivity contribution is -0.138. The van der Waals surface area contributed by atoms with Gasteiger partial charge in [-0.05, 0) is 95.5 Å². The Bertz CT molecular complexity index is 2100. The number of halogens is 4. The van der Waals surface area contributed by atoms with E-state index in [9.17, 15) is 40.4 Å². The lowest BCUT2D eigenvalue weighted by atomic mass is 10.0. The molecule has 1 aliphatic heterocycles. The number of sulfonamides is 1. The first-order chi connectivity index (χ1) is 26.4. The number of anilines is 1. The smallest absolute Gasteiger partial charge is 0.416 e. The number of nitrogens with zero attached hydrogens (tertiary/aromatic N) is 3. The average molecular weight is 805 g/mol. The summed E-state index contributed by atoms with van der Waals surface area (Å²) in [5.41, 5.74) is 5.86. The molecular formula is C39H48F4N6O6S. The zero-order valence-corrected chi connectivity index (χ0v) is 32.3. The monoisotopic (exact) mass is 804 g/mol. The summed E-state index contributed by atoms with van der Waals surface area (Å²) in [6.45, 7) is 5.52. The fraction of sp³-hybridized carbons (Fsp3) is 0.538. The van der Waals surface area contributed by atoms with Gasteiger partial charge in [0.25, 0.3) is 6.01 Å². The Kier molecular flexibility index (Phi) is 11.8. The normalized spacial score (nSPS) is 22.4. The van der Waals surface area contributed by atoms with Crippen LogP contribution >= 0.6 is 0 Å². The molecule has 2 aliphatic carbocycles. The molecule has 0 radical (unpaired) electrons. The van der Waals surface area contributed by atoms with Gasteiger partial charge in [-0.2, -0.15) is 18.2 Å². The van der Waals surface area contributed by atoms with E-state index in [0.717, 1.165) is 17.6 Å². The highest BCUT2D eigenvalue weighted by atomic mass is 32.2. The first-order valence-corrected chi connectivity index (χ1v) is 20.5. The van der Waals surface area contributed by atoms with Gasteiger partial charge in [-0.25, -0.2) is 12.8 Å². The Morgan fingerprint density at radius 1 is 1.09 bits per heavy atom. The van der Waals surface area contributed by atoms with Crippen molar-refractivity contribution in [3.63, 3.8) is 0 Å². The number of rotatable bonds is 17. The molecule has 6 rings (SSSR count). The molecular weight excluding hydrogens is 757 g/mol. The fourth-order valence-electron chi connectivity index (χ4n) is 7.21. The highest BCUT2D eigenvalue weighted by Gasteiger charge is 2.52. The number of allylic oxidation sites excluding steroid dienone is 2. The third-order valence-corrected chi connectivity index (χ3v) is 13.0. The number of carbonyl (C=O) groups excluding carboxylic acids is 3. The Morgan fingerprint density at radius 3 is 2.50 bits per heavy atom.